The van der Waals surface area contributed by atoms with E-state index >= 15 is 0 Å². The molecule has 1 rings (SSSR count). The molecule has 17 heavy (non-hydrogen) atoms. The zero-order chi connectivity index (χ0) is 13.2. The largest absolute Gasteiger partial charge is 0.496 e. The van der Waals surface area contributed by atoms with Gasteiger partial charge in [-0.25, -0.2) is 4.79 Å². The highest BCUT2D eigenvalue weighted by Crippen LogP contribution is 2.34. The summed E-state index contributed by atoms with van der Waals surface area (Å²) in [4.78, 5) is 10.7. The molecule has 0 aliphatic rings. The third-order valence-corrected chi connectivity index (χ3v) is 2.12. The number of carbonyl (C=O) groups is 1. The summed E-state index contributed by atoms with van der Waals surface area (Å²) in [5, 5.41) is 8.76. The van der Waals surface area contributed by atoms with Crippen LogP contribution in [-0.2, 0) is 0 Å². The Morgan fingerprint density at radius 2 is 2.00 bits per heavy atom. The zero-order valence-electron chi connectivity index (χ0n) is 8.84. The summed E-state index contributed by atoms with van der Waals surface area (Å²) in [6, 6.07) is 3.09. The average molecular weight is 246 g/mol. The molecule has 0 unspecified atom stereocenters. The third kappa shape index (κ3) is 2.77. The van der Waals surface area contributed by atoms with Crippen molar-refractivity contribution >= 4 is 11.5 Å². The summed E-state index contributed by atoms with van der Waals surface area (Å²) in [6.07, 6.45) is -4.56. The van der Waals surface area contributed by atoms with E-state index < -0.39 is 17.7 Å². The molecule has 0 aliphatic heterocycles. The van der Waals surface area contributed by atoms with E-state index in [1.54, 1.807) is 0 Å². The Kier molecular flexibility index (Phi) is 3.45. The number of carboxylic acids is 1. The first-order valence-corrected chi connectivity index (χ1v) is 4.45. The van der Waals surface area contributed by atoms with Crippen molar-refractivity contribution in [3.05, 3.63) is 35.9 Å². The van der Waals surface area contributed by atoms with E-state index in [4.69, 9.17) is 9.84 Å². The summed E-state index contributed by atoms with van der Waals surface area (Å²) in [6.45, 7) is 2.92. The van der Waals surface area contributed by atoms with E-state index in [0.29, 0.717) is 0 Å². The highest BCUT2D eigenvalue weighted by atomic mass is 19.4. The van der Waals surface area contributed by atoms with Crippen LogP contribution in [0.2, 0.25) is 0 Å². The third-order valence-electron chi connectivity index (χ3n) is 2.12. The summed E-state index contributed by atoms with van der Waals surface area (Å²) in [7, 11) is 1.18. The Hall–Kier alpha value is -1.98. The number of aromatic carboxylic acids is 1. The van der Waals surface area contributed by atoms with Crippen LogP contribution >= 0.6 is 0 Å². The van der Waals surface area contributed by atoms with E-state index in [1.165, 1.54) is 7.11 Å². The lowest BCUT2D eigenvalue weighted by atomic mass is 10.0. The van der Waals surface area contributed by atoms with Crippen LogP contribution in [0.25, 0.3) is 5.57 Å². The highest BCUT2D eigenvalue weighted by molar-refractivity contribution is 5.91. The van der Waals surface area contributed by atoms with Gasteiger partial charge in [-0.05, 0) is 17.7 Å². The monoisotopic (exact) mass is 246 g/mol. The van der Waals surface area contributed by atoms with Gasteiger partial charge in [0.1, 0.15) is 11.3 Å². The van der Waals surface area contributed by atoms with Crippen LogP contribution in [0.15, 0.2) is 24.8 Å². The molecule has 0 fully saturated rings. The SMILES string of the molecule is C=C(c1ccc(C(=O)O)c(OC)c1)C(F)(F)F. The number of rotatable bonds is 3. The van der Waals surface area contributed by atoms with Gasteiger partial charge in [-0.1, -0.05) is 12.6 Å². The number of methoxy groups -OCH3 is 1. The lowest BCUT2D eigenvalue weighted by molar-refractivity contribution is -0.0686. The van der Waals surface area contributed by atoms with Gasteiger partial charge in [-0.3, -0.25) is 0 Å². The standard InChI is InChI=1S/C11H9F3O3/c1-6(11(12,13)14)7-3-4-8(10(15)16)9(5-7)17-2/h3-5H,1H2,2H3,(H,15,16). The number of halogens is 3. The second kappa shape index (κ2) is 4.48. The van der Waals surface area contributed by atoms with E-state index in [1.807, 2.05) is 0 Å². The molecule has 0 aromatic heterocycles. The molecular formula is C11H9F3O3. The predicted molar refractivity (Wildman–Crippen MR) is 55.0 cm³/mol. The minimum Gasteiger partial charge on any atom is -0.496 e. The Balaban J connectivity index is 3.23. The first-order valence-electron chi connectivity index (χ1n) is 4.45. The molecule has 0 saturated heterocycles. The van der Waals surface area contributed by atoms with Gasteiger partial charge in [-0.15, -0.1) is 0 Å². The smallest absolute Gasteiger partial charge is 0.416 e. The van der Waals surface area contributed by atoms with Crippen molar-refractivity contribution in [1.82, 2.24) is 0 Å². The van der Waals surface area contributed by atoms with Crippen LogP contribution in [0.5, 0.6) is 5.75 Å². The van der Waals surface area contributed by atoms with Crippen LogP contribution < -0.4 is 4.74 Å². The molecule has 0 bridgehead atoms. The number of carboxylic acid groups (broad SMARTS) is 1. The summed E-state index contributed by atoms with van der Waals surface area (Å²) in [5.74, 6) is -1.41. The van der Waals surface area contributed by atoms with Gasteiger partial charge in [0.15, 0.2) is 0 Å². The van der Waals surface area contributed by atoms with Gasteiger partial charge in [0, 0.05) is 0 Å². The van der Waals surface area contributed by atoms with Gasteiger partial charge in [0.2, 0.25) is 0 Å². The van der Waals surface area contributed by atoms with Gasteiger partial charge >= 0.3 is 12.1 Å². The van der Waals surface area contributed by atoms with Gasteiger partial charge in [0.05, 0.1) is 12.7 Å². The van der Waals surface area contributed by atoms with Crippen molar-refractivity contribution < 1.29 is 27.8 Å². The number of ether oxygens (including phenoxy) is 1. The van der Waals surface area contributed by atoms with Crippen molar-refractivity contribution in [3.8, 4) is 5.75 Å². The molecule has 0 radical (unpaired) electrons. The summed E-state index contributed by atoms with van der Waals surface area (Å²) < 4.78 is 41.8. The molecule has 0 atom stereocenters. The Morgan fingerprint density at radius 3 is 2.41 bits per heavy atom. The van der Waals surface area contributed by atoms with Crippen molar-refractivity contribution in [2.24, 2.45) is 0 Å². The second-order valence-electron chi connectivity index (χ2n) is 3.20. The van der Waals surface area contributed by atoms with Crippen LogP contribution in [0.1, 0.15) is 15.9 Å². The minimum absolute atomic E-state index is 0.139. The minimum atomic E-state index is -4.56. The first kappa shape index (κ1) is 13.1. The van der Waals surface area contributed by atoms with Crippen molar-refractivity contribution in [2.45, 2.75) is 6.18 Å². The molecular weight excluding hydrogens is 237 g/mol. The fraction of sp³-hybridized carbons (Fsp3) is 0.182. The number of allylic oxidation sites excluding steroid dienone is 1. The molecule has 1 N–H and O–H groups in total. The van der Waals surface area contributed by atoms with Crippen LogP contribution in [-0.4, -0.2) is 24.4 Å². The zero-order valence-corrected chi connectivity index (χ0v) is 8.84. The Labute approximate surface area is 95.1 Å². The van der Waals surface area contributed by atoms with Gasteiger partial charge in [0.25, 0.3) is 0 Å². The molecule has 1 aromatic carbocycles. The Morgan fingerprint density at radius 1 is 1.41 bits per heavy atom. The first-order chi connectivity index (χ1) is 7.77. The van der Waals surface area contributed by atoms with E-state index in [0.717, 1.165) is 18.2 Å². The van der Waals surface area contributed by atoms with E-state index in [-0.39, 0.29) is 16.9 Å². The molecule has 3 nitrogen and oxygen atoms in total. The molecule has 0 aliphatic carbocycles. The van der Waals surface area contributed by atoms with Crippen LogP contribution in [0.4, 0.5) is 13.2 Å². The van der Waals surface area contributed by atoms with Crippen molar-refractivity contribution in [1.29, 1.82) is 0 Å². The number of benzene rings is 1. The fourth-order valence-electron chi connectivity index (χ4n) is 1.22. The van der Waals surface area contributed by atoms with Gasteiger partial charge < -0.3 is 9.84 Å². The van der Waals surface area contributed by atoms with E-state index in [9.17, 15) is 18.0 Å². The molecule has 92 valence electrons. The molecule has 6 heteroatoms. The van der Waals surface area contributed by atoms with Crippen molar-refractivity contribution in [3.63, 3.8) is 0 Å². The maximum absolute atomic E-state index is 12.4. The summed E-state index contributed by atoms with van der Waals surface area (Å²) in [5.41, 5.74) is -1.47. The molecule has 0 amide bonds. The maximum Gasteiger partial charge on any atom is 0.416 e. The average Bonchev–Trinajstić information content (AvgIpc) is 2.25. The number of hydrogen-bond donors (Lipinski definition) is 1. The lowest BCUT2D eigenvalue weighted by Crippen LogP contribution is -2.10. The molecule has 1 aromatic rings. The van der Waals surface area contributed by atoms with E-state index in [2.05, 4.69) is 6.58 Å². The number of alkyl halides is 3. The van der Waals surface area contributed by atoms with Crippen LogP contribution in [0, 0.1) is 0 Å². The normalized spacial score (nSPS) is 11.1. The highest BCUT2D eigenvalue weighted by Gasteiger charge is 2.33. The maximum atomic E-state index is 12.4. The number of hydrogen-bond acceptors (Lipinski definition) is 2. The summed E-state index contributed by atoms with van der Waals surface area (Å²) >= 11 is 0. The van der Waals surface area contributed by atoms with Crippen molar-refractivity contribution in [2.75, 3.05) is 7.11 Å². The molecule has 0 spiro atoms. The quantitative estimate of drug-likeness (QED) is 0.891. The fourth-order valence-corrected chi connectivity index (χ4v) is 1.22. The molecule has 0 heterocycles. The Bertz CT molecular complexity index is 464. The predicted octanol–water partition coefficient (Wildman–Crippen LogP) is 2.97. The van der Waals surface area contributed by atoms with Crippen LogP contribution in [0.3, 0.4) is 0 Å². The topological polar surface area (TPSA) is 46.5 Å². The second-order valence-corrected chi connectivity index (χ2v) is 3.20. The van der Waals surface area contributed by atoms with Gasteiger partial charge in [-0.2, -0.15) is 13.2 Å². The lowest BCUT2D eigenvalue weighted by Gasteiger charge is -2.12. The molecule has 0 saturated carbocycles.